The number of rotatable bonds is 2. The van der Waals surface area contributed by atoms with Crippen LogP contribution in [0.2, 0.25) is 0 Å². The van der Waals surface area contributed by atoms with Gasteiger partial charge in [-0.2, -0.15) is 0 Å². The van der Waals surface area contributed by atoms with Crippen molar-refractivity contribution in [1.29, 1.82) is 0 Å². The van der Waals surface area contributed by atoms with E-state index in [1.54, 1.807) is 13.0 Å². The Labute approximate surface area is 48.9 Å². The van der Waals surface area contributed by atoms with Crippen molar-refractivity contribution in [3.8, 4) is 0 Å². The molecule has 44 valence electrons. The van der Waals surface area contributed by atoms with Crippen LogP contribution < -0.4 is 5.32 Å². The Balaban J connectivity index is 3.48. The molecule has 0 aliphatic heterocycles. The van der Waals surface area contributed by atoms with Gasteiger partial charge in [-0.3, -0.25) is 4.79 Å². The van der Waals surface area contributed by atoms with E-state index in [0.29, 0.717) is 0 Å². The summed E-state index contributed by atoms with van der Waals surface area (Å²) in [7, 11) is 0. The first-order valence-corrected chi connectivity index (χ1v) is 2.35. The Hall–Kier alpha value is -1.05. The maximum Gasteiger partial charge on any atom is 0.247 e. The lowest BCUT2D eigenvalue weighted by Gasteiger charge is -1.86. The lowest BCUT2D eigenvalue weighted by molar-refractivity contribution is -0.115. The average Bonchev–Trinajstić information content (AvgIpc) is 1.68. The number of carbonyl (C=O) groups excluding carboxylic acids is 1. The molecular weight excluding hydrogens is 102 g/mol. The summed E-state index contributed by atoms with van der Waals surface area (Å²) in [5.41, 5.74) is 0. The van der Waals surface area contributed by atoms with Crippen molar-refractivity contribution in [2.24, 2.45) is 0 Å². The summed E-state index contributed by atoms with van der Waals surface area (Å²) in [5, 5.41) is 2.38. The molecule has 2 nitrogen and oxygen atoms in total. The minimum atomic E-state index is -0.137. The maximum absolute atomic E-state index is 10.4. The Morgan fingerprint density at radius 3 is 2.75 bits per heavy atom. The molecule has 8 heavy (non-hydrogen) atoms. The molecular formula is C6H9NO. The van der Waals surface area contributed by atoms with Gasteiger partial charge in [0.05, 0.1) is 0 Å². The maximum atomic E-state index is 10.4. The molecule has 0 aromatic rings. The monoisotopic (exact) mass is 111 g/mol. The van der Waals surface area contributed by atoms with Gasteiger partial charge in [-0.1, -0.05) is 12.7 Å². The number of carbonyl (C=O) groups is 1. The Morgan fingerprint density at radius 1 is 1.75 bits per heavy atom. The number of allylic oxidation sites excluding steroid dienone is 1. The van der Waals surface area contributed by atoms with E-state index in [4.69, 9.17) is 0 Å². The molecule has 0 spiro atoms. The highest BCUT2D eigenvalue weighted by atomic mass is 16.1. The van der Waals surface area contributed by atoms with E-state index < -0.39 is 0 Å². The summed E-state index contributed by atoms with van der Waals surface area (Å²) in [6, 6.07) is 0. The quantitative estimate of drug-likeness (QED) is 0.525. The molecule has 0 rings (SSSR count). The molecule has 0 saturated carbocycles. The van der Waals surface area contributed by atoms with E-state index in [1.807, 2.05) is 0 Å². The molecule has 0 unspecified atom stereocenters. The van der Waals surface area contributed by atoms with Gasteiger partial charge in [-0.25, -0.2) is 0 Å². The summed E-state index contributed by atoms with van der Waals surface area (Å²) < 4.78 is 0. The van der Waals surface area contributed by atoms with Gasteiger partial charge in [0.25, 0.3) is 0 Å². The SMILES string of the molecule is C=CNC(=O)C=CC. The summed E-state index contributed by atoms with van der Waals surface area (Å²) in [4.78, 5) is 10.4. The van der Waals surface area contributed by atoms with Gasteiger partial charge in [-0.15, -0.1) is 0 Å². The van der Waals surface area contributed by atoms with Crippen LogP contribution >= 0.6 is 0 Å². The second-order valence-corrected chi connectivity index (χ2v) is 1.21. The molecule has 0 aromatic carbocycles. The highest BCUT2D eigenvalue weighted by Crippen LogP contribution is 1.69. The zero-order valence-electron chi connectivity index (χ0n) is 4.85. The van der Waals surface area contributed by atoms with E-state index in [-0.39, 0.29) is 5.91 Å². The van der Waals surface area contributed by atoms with Crippen LogP contribution in [0.1, 0.15) is 6.92 Å². The fraction of sp³-hybridized carbons (Fsp3) is 0.167. The minimum Gasteiger partial charge on any atom is -0.330 e. The van der Waals surface area contributed by atoms with E-state index in [0.717, 1.165) is 0 Å². The van der Waals surface area contributed by atoms with Gasteiger partial charge in [-0.05, 0) is 19.2 Å². The van der Waals surface area contributed by atoms with Gasteiger partial charge in [0.1, 0.15) is 0 Å². The van der Waals surface area contributed by atoms with Gasteiger partial charge < -0.3 is 5.32 Å². The van der Waals surface area contributed by atoms with Crippen LogP contribution in [0.15, 0.2) is 24.9 Å². The number of hydrogen-bond donors (Lipinski definition) is 1. The van der Waals surface area contributed by atoms with Crippen LogP contribution in [0.3, 0.4) is 0 Å². The smallest absolute Gasteiger partial charge is 0.247 e. The molecule has 0 bridgehead atoms. The van der Waals surface area contributed by atoms with E-state index in [1.165, 1.54) is 12.3 Å². The molecule has 0 aromatic heterocycles. The van der Waals surface area contributed by atoms with Crippen LogP contribution in [0.25, 0.3) is 0 Å². The third-order valence-electron chi connectivity index (χ3n) is 0.562. The van der Waals surface area contributed by atoms with Crippen molar-refractivity contribution in [1.82, 2.24) is 5.32 Å². The van der Waals surface area contributed by atoms with Gasteiger partial charge in [0.15, 0.2) is 0 Å². The van der Waals surface area contributed by atoms with Gasteiger partial charge in [0, 0.05) is 0 Å². The lowest BCUT2D eigenvalue weighted by Crippen LogP contribution is -2.12. The summed E-state index contributed by atoms with van der Waals surface area (Å²) in [6.07, 6.45) is 4.45. The molecule has 1 N–H and O–H groups in total. The zero-order chi connectivity index (χ0) is 6.41. The molecule has 0 fully saturated rings. The molecule has 0 aliphatic carbocycles. The molecule has 0 atom stereocenters. The number of hydrogen-bond acceptors (Lipinski definition) is 1. The number of amides is 1. The predicted molar refractivity (Wildman–Crippen MR) is 33.2 cm³/mol. The fourth-order valence-corrected chi connectivity index (χ4v) is 0.300. The highest BCUT2D eigenvalue weighted by molar-refractivity contribution is 5.87. The van der Waals surface area contributed by atoms with Gasteiger partial charge >= 0.3 is 0 Å². The zero-order valence-corrected chi connectivity index (χ0v) is 4.85. The van der Waals surface area contributed by atoms with Crippen molar-refractivity contribution >= 4 is 5.91 Å². The average molecular weight is 111 g/mol. The molecule has 2 heteroatoms. The second-order valence-electron chi connectivity index (χ2n) is 1.21. The first-order chi connectivity index (χ1) is 3.81. The molecule has 0 aliphatic rings. The lowest BCUT2D eigenvalue weighted by atomic mass is 10.5. The Bertz CT molecular complexity index is 116. The summed E-state index contributed by atoms with van der Waals surface area (Å²) >= 11 is 0. The fourth-order valence-electron chi connectivity index (χ4n) is 0.300. The minimum absolute atomic E-state index is 0.137. The normalized spacial score (nSPS) is 9.12. The number of nitrogens with one attached hydrogen (secondary N) is 1. The first kappa shape index (κ1) is 6.95. The van der Waals surface area contributed by atoms with Crippen molar-refractivity contribution in [2.75, 3.05) is 0 Å². The summed E-state index contributed by atoms with van der Waals surface area (Å²) in [5.74, 6) is -0.137. The van der Waals surface area contributed by atoms with Crippen LogP contribution in [0.4, 0.5) is 0 Å². The van der Waals surface area contributed by atoms with Crippen LogP contribution in [-0.2, 0) is 4.79 Å². The topological polar surface area (TPSA) is 29.1 Å². The van der Waals surface area contributed by atoms with Gasteiger partial charge in [0.2, 0.25) is 5.91 Å². The van der Waals surface area contributed by atoms with E-state index in [2.05, 4.69) is 11.9 Å². The molecule has 1 amide bonds. The second kappa shape index (κ2) is 4.12. The first-order valence-electron chi connectivity index (χ1n) is 2.35. The van der Waals surface area contributed by atoms with E-state index in [9.17, 15) is 4.79 Å². The van der Waals surface area contributed by atoms with Crippen molar-refractivity contribution < 1.29 is 4.79 Å². The van der Waals surface area contributed by atoms with Crippen molar-refractivity contribution in [3.63, 3.8) is 0 Å². The molecule has 0 saturated heterocycles. The molecule has 0 heterocycles. The van der Waals surface area contributed by atoms with Crippen LogP contribution in [0.5, 0.6) is 0 Å². The Kier molecular flexibility index (Phi) is 3.58. The Morgan fingerprint density at radius 2 is 2.38 bits per heavy atom. The largest absolute Gasteiger partial charge is 0.330 e. The highest BCUT2D eigenvalue weighted by Gasteiger charge is 1.83. The van der Waals surface area contributed by atoms with E-state index >= 15 is 0 Å². The van der Waals surface area contributed by atoms with Crippen molar-refractivity contribution in [2.45, 2.75) is 6.92 Å². The van der Waals surface area contributed by atoms with Crippen LogP contribution in [-0.4, -0.2) is 5.91 Å². The predicted octanol–water partition coefficient (Wildman–Crippen LogP) is 0.822. The third kappa shape index (κ3) is 3.15. The van der Waals surface area contributed by atoms with Crippen LogP contribution in [0, 0.1) is 0 Å². The summed E-state index contributed by atoms with van der Waals surface area (Å²) in [6.45, 7) is 5.10. The van der Waals surface area contributed by atoms with Crippen molar-refractivity contribution in [3.05, 3.63) is 24.9 Å². The third-order valence-corrected chi connectivity index (χ3v) is 0.562. The standard InChI is InChI=1S/C6H9NO/c1-3-5-6(8)7-4-2/h3-5H,2H2,1H3,(H,7,8). The molecule has 0 radical (unpaired) electrons.